The predicted molar refractivity (Wildman–Crippen MR) is 127 cm³/mol. The third-order valence-electron chi connectivity index (χ3n) is 6.48. The largest absolute Gasteiger partial charge is 0.394 e. The number of thioether (sulfide) groups is 1. The van der Waals surface area contributed by atoms with Crippen molar-refractivity contribution in [2.45, 2.75) is 67.7 Å². The summed E-state index contributed by atoms with van der Waals surface area (Å²) in [6.07, 6.45) is -2.06. The smallest absolute Gasteiger partial charge is 0.191 e. The predicted octanol–water partition coefficient (Wildman–Crippen LogP) is 2.99. The Morgan fingerprint density at radius 1 is 1.22 bits per heavy atom. The van der Waals surface area contributed by atoms with Crippen molar-refractivity contribution >= 4 is 28.7 Å². The normalized spacial score (nSPS) is 27.6. The minimum absolute atomic E-state index is 0.0171. The summed E-state index contributed by atoms with van der Waals surface area (Å²) in [7, 11) is 0. The molecule has 0 saturated heterocycles. The van der Waals surface area contributed by atoms with Gasteiger partial charge in [-0.1, -0.05) is 30.0 Å². The van der Waals surface area contributed by atoms with Gasteiger partial charge in [0.15, 0.2) is 39.9 Å². The molecule has 9 nitrogen and oxygen atoms in total. The molecule has 13 heteroatoms. The number of halogens is 3. The van der Waals surface area contributed by atoms with E-state index in [9.17, 15) is 13.9 Å². The summed E-state index contributed by atoms with van der Waals surface area (Å²) in [5.41, 5.74) is 1.38. The Morgan fingerprint density at radius 2 is 2.06 bits per heavy atom. The first-order valence-electron chi connectivity index (χ1n) is 11.9. The lowest BCUT2D eigenvalue weighted by Crippen LogP contribution is -2.32. The lowest BCUT2D eigenvalue weighted by atomic mass is 10.1. The average molecular weight is 525 g/mol. The van der Waals surface area contributed by atoms with Crippen molar-refractivity contribution in [3.8, 4) is 0 Å². The zero-order chi connectivity index (χ0) is 25.4. The van der Waals surface area contributed by atoms with Crippen LogP contribution in [0.15, 0.2) is 23.4 Å². The Hall–Kier alpha value is -2.48. The van der Waals surface area contributed by atoms with Gasteiger partial charge in [-0.05, 0) is 30.5 Å². The monoisotopic (exact) mass is 524 g/mol. The molecular formula is C23H27F3N6O3S. The first-order valence-corrected chi connectivity index (χ1v) is 12.9. The molecule has 194 valence electrons. The minimum atomic E-state index is -1.57. The molecule has 0 amide bonds. The maximum atomic E-state index is 15.3. The molecule has 2 saturated carbocycles. The molecule has 36 heavy (non-hydrogen) atoms. The second-order valence-corrected chi connectivity index (χ2v) is 10.1. The summed E-state index contributed by atoms with van der Waals surface area (Å²) in [5.74, 6) is -0.579. The number of aliphatic hydroxyl groups excluding tert-OH is 2. The topological polar surface area (TPSA) is 118 Å². The van der Waals surface area contributed by atoms with Gasteiger partial charge in [0.1, 0.15) is 6.10 Å². The second-order valence-electron chi connectivity index (χ2n) is 9.05. The van der Waals surface area contributed by atoms with E-state index in [1.165, 1.54) is 22.5 Å². The number of nitrogens with one attached hydrogen (secondary N) is 1. The molecule has 0 aliphatic heterocycles. The van der Waals surface area contributed by atoms with E-state index in [0.717, 1.165) is 18.2 Å². The number of nitrogens with zero attached hydrogens (tertiary/aromatic N) is 5. The Labute approximate surface area is 209 Å². The van der Waals surface area contributed by atoms with Gasteiger partial charge in [-0.15, -0.1) is 5.10 Å². The highest BCUT2D eigenvalue weighted by Crippen LogP contribution is 2.44. The highest BCUT2D eigenvalue weighted by molar-refractivity contribution is 7.99. The number of anilines is 1. The first-order chi connectivity index (χ1) is 17.4. The van der Waals surface area contributed by atoms with E-state index in [-0.39, 0.29) is 31.6 Å². The van der Waals surface area contributed by atoms with Gasteiger partial charge in [-0.3, -0.25) is 0 Å². The van der Waals surface area contributed by atoms with Gasteiger partial charge in [0.2, 0.25) is 0 Å². The molecule has 3 N–H and O–H groups in total. The molecule has 0 unspecified atom stereocenters. The van der Waals surface area contributed by atoms with Crippen LogP contribution in [0.4, 0.5) is 19.0 Å². The van der Waals surface area contributed by atoms with Crippen LogP contribution in [0.2, 0.25) is 0 Å². The van der Waals surface area contributed by atoms with Crippen LogP contribution in [0.3, 0.4) is 0 Å². The molecule has 2 aromatic heterocycles. The summed E-state index contributed by atoms with van der Waals surface area (Å²) >= 11 is 1.45. The molecule has 2 heterocycles. The van der Waals surface area contributed by atoms with Crippen LogP contribution in [-0.4, -0.2) is 78.6 Å². The number of fused-ring (bicyclic) bond motifs is 1. The van der Waals surface area contributed by atoms with Crippen LogP contribution in [0.25, 0.3) is 11.2 Å². The number of aliphatic hydroxyl groups is 2. The molecule has 2 aliphatic rings. The van der Waals surface area contributed by atoms with Crippen LogP contribution >= 0.6 is 11.8 Å². The van der Waals surface area contributed by atoms with Crippen molar-refractivity contribution in [3.05, 3.63) is 35.4 Å². The van der Waals surface area contributed by atoms with E-state index >= 15 is 4.39 Å². The number of ether oxygens (including phenoxy) is 1. The molecule has 5 rings (SSSR count). The lowest BCUT2D eigenvalue weighted by molar-refractivity contribution is -0.0584. The maximum absolute atomic E-state index is 15.3. The van der Waals surface area contributed by atoms with Gasteiger partial charge in [0, 0.05) is 24.1 Å². The van der Waals surface area contributed by atoms with Crippen molar-refractivity contribution in [1.82, 2.24) is 25.0 Å². The fourth-order valence-electron chi connectivity index (χ4n) is 4.60. The van der Waals surface area contributed by atoms with Gasteiger partial charge in [-0.2, -0.15) is 0 Å². The standard InChI is InChI=1S/C23H27F3N6O3S/c1-2-7-36-23-28-21(27-15-9-12(15)11-3-4-13(24)14(25)8-11)19-22(29-23)32(31-30-19)16-10-17(34)20(18(16)26)35-6-5-33/h3-4,8,12,15-18,20,33-34H,2,5-7,9-10H2,1H3,(H,27,28,29)/t12-,15+,16-,17-,18+,20+/m0/s1. The van der Waals surface area contributed by atoms with Gasteiger partial charge in [-0.25, -0.2) is 27.8 Å². The molecule has 2 fully saturated rings. The van der Waals surface area contributed by atoms with Gasteiger partial charge >= 0.3 is 0 Å². The minimum Gasteiger partial charge on any atom is -0.394 e. The van der Waals surface area contributed by atoms with Gasteiger partial charge in [0.05, 0.1) is 25.4 Å². The van der Waals surface area contributed by atoms with Crippen LogP contribution < -0.4 is 5.32 Å². The van der Waals surface area contributed by atoms with Crippen molar-refractivity contribution in [2.75, 3.05) is 24.3 Å². The first kappa shape index (κ1) is 25.2. The highest BCUT2D eigenvalue weighted by Gasteiger charge is 2.46. The Morgan fingerprint density at radius 3 is 2.81 bits per heavy atom. The van der Waals surface area contributed by atoms with Crippen LogP contribution in [0, 0.1) is 11.6 Å². The fraction of sp³-hybridized carbons (Fsp3) is 0.565. The molecule has 0 spiro atoms. The number of benzene rings is 1. The van der Waals surface area contributed by atoms with Crippen molar-refractivity contribution in [3.63, 3.8) is 0 Å². The molecule has 2 aliphatic carbocycles. The Balaban J connectivity index is 1.43. The quantitative estimate of drug-likeness (QED) is 0.272. The second kappa shape index (κ2) is 10.5. The summed E-state index contributed by atoms with van der Waals surface area (Å²) in [6, 6.07) is 2.98. The van der Waals surface area contributed by atoms with Gasteiger partial charge in [0.25, 0.3) is 0 Å². The molecule has 6 atom stereocenters. The average Bonchev–Trinajstić information content (AvgIpc) is 3.40. The van der Waals surface area contributed by atoms with Crippen molar-refractivity contribution in [2.24, 2.45) is 0 Å². The number of hydrogen-bond acceptors (Lipinski definition) is 9. The van der Waals surface area contributed by atoms with E-state index in [1.54, 1.807) is 6.07 Å². The summed E-state index contributed by atoms with van der Waals surface area (Å²) < 4.78 is 49.0. The highest BCUT2D eigenvalue weighted by atomic mass is 32.2. The van der Waals surface area contributed by atoms with Crippen LogP contribution in [0.5, 0.6) is 0 Å². The zero-order valence-corrected chi connectivity index (χ0v) is 20.3. The van der Waals surface area contributed by atoms with Crippen molar-refractivity contribution in [1.29, 1.82) is 0 Å². The van der Waals surface area contributed by atoms with E-state index in [2.05, 4.69) is 25.6 Å². The Kier molecular flexibility index (Phi) is 7.33. The van der Waals surface area contributed by atoms with Crippen molar-refractivity contribution < 1.29 is 28.1 Å². The van der Waals surface area contributed by atoms with Crippen LogP contribution in [-0.2, 0) is 4.74 Å². The Bertz CT molecular complexity index is 1230. The number of hydrogen-bond donors (Lipinski definition) is 3. The molecule has 0 radical (unpaired) electrons. The summed E-state index contributed by atoms with van der Waals surface area (Å²) in [6.45, 7) is 1.68. The summed E-state index contributed by atoms with van der Waals surface area (Å²) in [5, 5.41) is 31.5. The van der Waals surface area contributed by atoms with E-state index in [1.807, 2.05) is 6.92 Å². The molecule has 3 aromatic rings. The maximum Gasteiger partial charge on any atom is 0.191 e. The third kappa shape index (κ3) is 4.89. The number of rotatable bonds is 10. The SMILES string of the molecule is CCCSc1nc(N[C@@H]2C[C@H]2c2ccc(F)c(F)c2)c2nnn([C@H]3C[C@H](O)[C@@H](OCCO)[C@@H]3F)c2n1. The van der Waals surface area contributed by atoms with E-state index in [4.69, 9.17) is 9.84 Å². The zero-order valence-electron chi connectivity index (χ0n) is 19.5. The summed E-state index contributed by atoms with van der Waals surface area (Å²) in [4.78, 5) is 9.18. The van der Waals surface area contributed by atoms with E-state index in [0.29, 0.717) is 34.1 Å². The van der Waals surface area contributed by atoms with Crippen LogP contribution in [0.1, 0.15) is 43.7 Å². The molecule has 1 aromatic carbocycles. The third-order valence-corrected chi connectivity index (χ3v) is 7.54. The fourth-order valence-corrected chi connectivity index (χ4v) is 5.30. The lowest BCUT2D eigenvalue weighted by Gasteiger charge is -2.18. The van der Waals surface area contributed by atoms with E-state index < -0.39 is 36.1 Å². The number of alkyl halides is 1. The number of aromatic nitrogens is 5. The molecular weight excluding hydrogens is 497 g/mol. The molecule has 0 bridgehead atoms. The van der Waals surface area contributed by atoms with Gasteiger partial charge < -0.3 is 20.3 Å².